The van der Waals surface area contributed by atoms with Crippen molar-refractivity contribution < 1.29 is 9.59 Å². The zero-order valence-electron chi connectivity index (χ0n) is 10.9. The first-order chi connectivity index (χ1) is 8.04. The van der Waals surface area contributed by atoms with Gasteiger partial charge in [-0.25, -0.2) is 0 Å². The summed E-state index contributed by atoms with van der Waals surface area (Å²) >= 11 is 0. The highest BCUT2D eigenvalue weighted by molar-refractivity contribution is 6.05. The molecule has 96 valence electrons. The number of rotatable bonds is 3. The average Bonchev–Trinajstić information content (AvgIpc) is 2.74. The van der Waals surface area contributed by atoms with Gasteiger partial charge < -0.3 is 5.32 Å². The third-order valence-electron chi connectivity index (χ3n) is 4.44. The lowest BCUT2D eigenvalue weighted by Crippen LogP contribution is -2.45. The Morgan fingerprint density at radius 1 is 1.29 bits per heavy atom. The van der Waals surface area contributed by atoms with Gasteiger partial charge in [0.25, 0.3) is 0 Å². The predicted octanol–water partition coefficient (Wildman–Crippen LogP) is 1.16. The van der Waals surface area contributed by atoms with Crippen molar-refractivity contribution in [1.29, 1.82) is 0 Å². The normalized spacial score (nSPS) is 38.2. The number of hydrogen-bond donors (Lipinski definition) is 1. The lowest BCUT2D eigenvalue weighted by Gasteiger charge is -2.22. The van der Waals surface area contributed by atoms with Crippen molar-refractivity contribution in [2.45, 2.75) is 52.1 Å². The van der Waals surface area contributed by atoms with Gasteiger partial charge in [0.05, 0.1) is 12.5 Å². The van der Waals surface area contributed by atoms with Crippen LogP contribution in [-0.4, -0.2) is 35.3 Å². The fourth-order valence-corrected chi connectivity index (χ4v) is 3.00. The summed E-state index contributed by atoms with van der Waals surface area (Å²) in [5, 5.41) is 3.39. The monoisotopic (exact) mass is 238 g/mol. The van der Waals surface area contributed by atoms with E-state index < -0.39 is 0 Å². The van der Waals surface area contributed by atoms with Crippen LogP contribution in [0.1, 0.15) is 40.0 Å². The summed E-state index contributed by atoms with van der Waals surface area (Å²) < 4.78 is 0. The molecule has 4 nitrogen and oxygen atoms in total. The quantitative estimate of drug-likeness (QED) is 0.751. The van der Waals surface area contributed by atoms with Crippen LogP contribution in [0, 0.1) is 11.8 Å². The molecule has 0 aromatic carbocycles. The van der Waals surface area contributed by atoms with Crippen LogP contribution in [0.15, 0.2) is 0 Å². The van der Waals surface area contributed by atoms with E-state index in [1.54, 1.807) is 0 Å². The highest BCUT2D eigenvalue weighted by Gasteiger charge is 2.40. The van der Waals surface area contributed by atoms with Gasteiger partial charge in [-0.3, -0.25) is 14.5 Å². The molecule has 2 amide bonds. The molecule has 0 aromatic heterocycles. The molecule has 4 unspecified atom stereocenters. The first-order valence-electron chi connectivity index (χ1n) is 6.64. The highest BCUT2D eigenvalue weighted by Crippen LogP contribution is 2.32. The Morgan fingerprint density at radius 3 is 2.47 bits per heavy atom. The van der Waals surface area contributed by atoms with Gasteiger partial charge in [-0.05, 0) is 31.6 Å². The van der Waals surface area contributed by atoms with E-state index in [-0.39, 0.29) is 17.9 Å². The van der Waals surface area contributed by atoms with Gasteiger partial charge in [0.1, 0.15) is 0 Å². The second-order valence-corrected chi connectivity index (χ2v) is 5.42. The number of hydrogen-bond acceptors (Lipinski definition) is 3. The van der Waals surface area contributed by atoms with Crippen LogP contribution in [0.5, 0.6) is 0 Å². The summed E-state index contributed by atoms with van der Waals surface area (Å²) in [4.78, 5) is 24.9. The third-order valence-corrected chi connectivity index (χ3v) is 4.44. The highest BCUT2D eigenvalue weighted by atomic mass is 16.2. The number of likely N-dealkylation sites (N-methyl/N-ethyl adjacent to an activating group) is 1. The topological polar surface area (TPSA) is 49.4 Å². The smallest absolute Gasteiger partial charge is 0.246 e. The Balaban J connectivity index is 1.97. The van der Waals surface area contributed by atoms with Gasteiger partial charge in [0, 0.05) is 12.6 Å². The van der Waals surface area contributed by atoms with Crippen molar-refractivity contribution in [2.75, 3.05) is 6.54 Å². The third kappa shape index (κ3) is 2.23. The molecule has 4 heteroatoms. The van der Waals surface area contributed by atoms with Gasteiger partial charge in [-0.1, -0.05) is 13.8 Å². The van der Waals surface area contributed by atoms with Crippen molar-refractivity contribution in [3.8, 4) is 0 Å². The Morgan fingerprint density at radius 2 is 2.00 bits per heavy atom. The van der Waals surface area contributed by atoms with Gasteiger partial charge >= 0.3 is 0 Å². The SMILES string of the molecule is CCN1C(=O)CC(NC2CCC(C)C2C)C1=O. The van der Waals surface area contributed by atoms with Crippen LogP contribution >= 0.6 is 0 Å². The maximum Gasteiger partial charge on any atom is 0.246 e. The molecule has 0 spiro atoms. The Kier molecular flexibility index (Phi) is 3.52. The minimum atomic E-state index is -0.278. The fourth-order valence-electron chi connectivity index (χ4n) is 3.00. The molecule has 0 aromatic rings. The molecule has 4 atom stereocenters. The molecule has 2 rings (SSSR count). The van der Waals surface area contributed by atoms with Gasteiger partial charge in [-0.15, -0.1) is 0 Å². The fraction of sp³-hybridized carbons (Fsp3) is 0.846. The standard InChI is InChI=1S/C13H22N2O2/c1-4-15-12(16)7-11(13(15)17)14-10-6-5-8(2)9(10)3/h8-11,14H,4-7H2,1-3H3. The van der Waals surface area contributed by atoms with Crippen molar-refractivity contribution in [1.82, 2.24) is 10.2 Å². The molecule has 1 aliphatic carbocycles. The van der Waals surface area contributed by atoms with Crippen molar-refractivity contribution in [3.05, 3.63) is 0 Å². The molecule has 0 bridgehead atoms. The van der Waals surface area contributed by atoms with E-state index in [9.17, 15) is 9.59 Å². The molecule has 1 aliphatic heterocycles. The molecule has 1 saturated carbocycles. The molecule has 1 saturated heterocycles. The van der Waals surface area contributed by atoms with Crippen LogP contribution in [-0.2, 0) is 9.59 Å². The maximum absolute atomic E-state index is 12.0. The van der Waals surface area contributed by atoms with E-state index in [0.29, 0.717) is 30.8 Å². The van der Waals surface area contributed by atoms with Gasteiger partial charge in [-0.2, -0.15) is 0 Å². The number of carbonyl (C=O) groups excluding carboxylic acids is 2. The number of likely N-dealkylation sites (tertiary alicyclic amines) is 1. The minimum absolute atomic E-state index is 0.0336. The van der Waals surface area contributed by atoms with Crippen LogP contribution in [0.4, 0.5) is 0 Å². The van der Waals surface area contributed by atoms with Crippen LogP contribution in [0.3, 0.4) is 0 Å². The maximum atomic E-state index is 12.0. The Hall–Kier alpha value is -0.900. The summed E-state index contributed by atoms with van der Waals surface area (Å²) in [6.45, 7) is 6.82. The van der Waals surface area contributed by atoms with Crippen LogP contribution in [0.25, 0.3) is 0 Å². The van der Waals surface area contributed by atoms with E-state index in [1.165, 1.54) is 11.3 Å². The summed E-state index contributed by atoms with van der Waals surface area (Å²) in [6, 6.07) is 0.115. The van der Waals surface area contributed by atoms with Crippen molar-refractivity contribution in [3.63, 3.8) is 0 Å². The molecule has 1 heterocycles. The summed E-state index contributed by atoms with van der Waals surface area (Å²) in [5.74, 6) is 1.23. The average molecular weight is 238 g/mol. The predicted molar refractivity (Wildman–Crippen MR) is 65.3 cm³/mol. The first-order valence-corrected chi connectivity index (χ1v) is 6.64. The number of amides is 2. The second-order valence-electron chi connectivity index (χ2n) is 5.42. The first kappa shape index (κ1) is 12.6. The molecular formula is C13H22N2O2. The Bertz CT molecular complexity index is 329. The minimum Gasteiger partial charge on any atom is -0.302 e. The van der Waals surface area contributed by atoms with Crippen molar-refractivity contribution in [2.24, 2.45) is 11.8 Å². The molecule has 2 aliphatic rings. The number of nitrogens with one attached hydrogen (secondary N) is 1. The number of nitrogens with zero attached hydrogens (tertiary/aromatic N) is 1. The van der Waals surface area contributed by atoms with E-state index in [2.05, 4.69) is 19.2 Å². The summed E-state index contributed by atoms with van der Waals surface area (Å²) in [6.07, 6.45) is 2.67. The summed E-state index contributed by atoms with van der Waals surface area (Å²) in [5.41, 5.74) is 0. The molecular weight excluding hydrogens is 216 g/mol. The van der Waals surface area contributed by atoms with E-state index >= 15 is 0 Å². The second kappa shape index (κ2) is 4.77. The van der Waals surface area contributed by atoms with E-state index in [0.717, 1.165) is 6.42 Å². The number of imide groups is 1. The van der Waals surface area contributed by atoms with E-state index in [4.69, 9.17) is 0 Å². The summed E-state index contributed by atoms with van der Waals surface area (Å²) in [7, 11) is 0. The lowest BCUT2D eigenvalue weighted by molar-refractivity contribution is -0.138. The number of carbonyl (C=O) groups is 2. The van der Waals surface area contributed by atoms with Crippen molar-refractivity contribution >= 4 is 11.8 Å². The van der Waals surface area contributed by atoms with Gasteiger partial charge in [0.15, 0.2) is 0 Å². The zero-order chi connectivity index (χ0) is 12.6. The van der Waals surface area contributed by atoms with Crippen LogP contribution < -0.4 is 5.32 Å². The van der Waals surface area contributed by atoms with Crippen LogP contribution in [0.2, 0.25) is 0 Å². The molecule has 0 radical (unpaired) electrons. The van der Waals surface area contributed by atoms with E-state index in [1.807, 2.05) is 6.92 Å². The largest absolute Gasteiger partial charge is 0.302 e. The Labute approximate surface area is 103 Å². The van der Waals surface area contributed by atoms with Gasteiger partial charge in [0.2, 0.25) is 11.8 Å². The zero-order valence-corrected chi connectivity index (χ0v) is 10.9. The molecule has 17 heavy (non-hydrogen) atoms. The lowest BCUT2D eigenvalue weighted by atomic mass is 9.97. The molecule has 1 N–H and O–H groups in total. The molecule has 2 fully saturated rings.